The van der Waals surface area contributed by atoms with Crippen LogP contribution in [-0.2, 0) is 0 Å². The zero-order valence-corrected chi connectivity index (χ0v) is 24.2. The average Bonchev–Trinajstić information content (AvgIpc) is 3.02. The van der Waals surface area contributed by atoms with Gasteiger partial charge in [-0.25, -0.2) is 17.6 Å². The predicted molar refractivity (Wildman–Crippen MR) is 155 cm³/mol. The van der Waals surface area contributed by atoms with E-state index >= 15 is 8.78 Å². The van der Waals surface area contributed by atoms with Crippen molar-refractivity contribution in [3.8, 4) is 11.5 Å². The molecule has 2 aliphatic carbocycles. The molecule has 2 atom stereocenters. The zero-order valence-electron chi connectivity index (χ0n) is 24.2. The second-order valence-electron chi connectivity index (χ2n) is 11.0. The summed E-state index contributed by atoms with van der Waals surface area (Å²) >= 11 is 0. The molecule has 5 rings (SSSR count). The molecule has 0 aromatic heterocycles. The molecule has 0 radical (unpaired) electrons. The summed E-state index contributed by atoms with van der Waals surface area (Å²) in [5.74, 6) is -6.68. The summed E-state index contributed by atoms with van der Waals surface area (Å²) < 4.78 is 99.5. The van der Waals surface area contributed by atoms with Crippen LogP contribution in [0.5, 0.6) is 11.5 Å². The lowest BCUT2D eigenvalue weighted by molar-refractivity contribution is 0.295. The lowest BCUT2D eigenvalue weighted by atomic mass is 9.80. The van der Waals surface area contributed by atoms with Gasteiger partial charge >= 0.3 is 0 Å². The van der Waals surface area contributed by atoms with Gasteiger partial charge in [-0.1, -0.05) is 37.3 Å². The van der Waals surface area contributed by atoms with Crippen LogP contribution in [0.4, 0.5) is 26.3 Å². The minimum absolute atomic E-state index is 0.129. The quantitative estimate of drug-likeness (QED) is 0.228. The molecule has 3 aromatic carbocycles. The van der Waals surface area contributed by atoms with Gasteiger partial charge in [0.1, 0.15) is 0 Å². The summed E-state index contributed by atoms with van der Waals surface area (Å²) in [6.07, 6.45) is 6.58. The Morgan fingerprint density at radius 1 is 0.581 bits per heavy atom. The van der Waals surface area contributed by atoms with Crippen molar-refractivity contribution in [1.82, 2.24) is 0 Å². The lowest BCUT2D eigenvalue weighted by Gasteiger charge is -2.26. The molecule has 3 aromatic rings. The van der Waals surface area contributed by atoms with Gasteiger partial charge in [0.2, 0.25) is 11.6 Å². The van der Waals surface area contributed by atoms with Crippen molar-refractivity contribution >= 4 is 11.1 Å². The molecule has 0 aliphatic heterocycles. The van der Waals surface area contributed by atoms with Gasteiger partial charge in [-0.05, 0) is 104 Å². The molecule has 0 heterocycles. The van der Waals surface area contributed by atoms with Gasteiger partial charge < -0.3 is 9.47 Å². The molecule has 2 unspecified atom stereocenters. The van der Waals surface area contributed by atoms with Crippen molar-refractivity contribution in [2.45, 2.75) is 70.6 Å². The van der Waals surface area contributed by atoms with E-state index in [-0.39, 0.29) is 58.8 Å². The van der Waals surface area contributed by atoms with Gasteiger partial charge in [0.15, 0.2) is 34.8 Å². The summed E-state index contributed by atoms with van der Waals surface area (Å²) in [4.78, 5) is 0. The number of hydrogen-bond donors (Lipinski definition) is 0. The molecule has 0 saturated carbocycles. The van der Waals surface area contributed by atoms with E-state index < -0.39 is 34.9 Å². The number of ether oxygens (including phenoxy) is 2. The zero-order chi connectivity index (χ0) is 30.7. The normalized spacial score (nSPS) is 18.7. The highest BCUT2D eigenvalue weighted by atomic mass is 19.2. The lowest BCUT2D eigenvalue weighted by Crippen LogP contribution is -2.11. The Morgan fingerprint density at radius 2 is 1.05 bits per heavy atom. The summed E-state index contributed by atoms with van der Waals surface area (Å²) in [6, 6.07) is 9.01. The van der Waals surface area contributed by atoms with Crippen LogP contribution in [0.1, 0.15) is 92.9 Å². The number of halogens is 6. The van der Waals surface area contributed by atoms with Crippen molar-refractivity contribution in [2.24, 2.45) is 0 Å². The molecule has 2 nitrogen and oxygen atoms in total. The van der Waals surface area contributed by atoms with Gasteiger partial charge in [-0.2, -0.15) is 8.78 Å². The standard InChI is InChI=1S/C35H34F6O2/c1-3-19-43-29-18-16-27(33(39)35(29)41)23-11-7-21(8-12-23)25-14-13-24(30(36)31(25)37)20-5-9-22(10-6-20)26-15-17-28(42-4-2)34(40)32(26)38/h5,11,13-18,21-22H,3-4,6-10,12,19H2,1-2H3. The minimum Gasteiger partial charge on any atom is -0.491 e. The van der Waals surface area contributed by atoms with E-state index in [2.05, 4.69) is 0 Å². The fourth-order valence-corrected chi connectivity index (χ4v) is 6.08. The molecule has 0 fully saturated rings. The molecule has 0 N–H and O–H groups in total. The summed E-state index contributed by atoms with van der Waals surface area (Å²) in [7, 11) is 0. The highest BCUT2D eigenvalue weighted by molar-refractivity contribution is 5.69. The fraction of sp³-hybridized carbons (Fsp3) is 0.371. The van der Waals surface area contributed by atoms with Crippen molar-refractivity contribution in [3.05, 3.63) is 106 Å². The first kappa shape index (κ1) is 30.8. The van der Waals surface area contributed by atoms with E-state index in [9.17, 15) is 17.6 Å². The predicted octanol–water partition coefficient (Wildman–Crippen LogP) is 10.4. The molecular formula is C35H34F6O2. The minimum atomic E-state index is -1.03. The second kappa shape index (κ2) is 13.3. The first-order valence-electron chi connectivity index (χ1n) is 14.8. The van der Waals surface area contributed by atoms with Crippen LogP contribution in [0.15, 0.2) is 48.6 Å². The van der Waals surface area contributed by atoms with Crippen LogP contribution >= 0.6 is 0 Å². The average molecular weight is 601 g/mol. The third kappa shape index (κ3) is 6.20. The Labute approximate surface area is 248 Å². The Bertz CT molecular complexity index is 1560. The Hall–Kier alpha value is -3.68. The van der Waals surface area contributed by atoms with Crippen LogP contribution in [0, 0.1) is 34.9 Å². The van der Waals surface area contributed by atoms with Crippen LogP contribution in [0.3, 0.4) is 0 Å². The van der Waals surface area contributed by atoms with Gasteiger partial charge in [0.25, 0.3) is 0 Å². The molecular weight excluding hydrogens is 566 g/mol. The highest BCUT2D eigenvalue weighted by Gasteiger charge is 2.28. The van der Waals surface area contributed by atoms with Gasteiger partial charge in [-0.15, -0.1) is 0 Å². The summed E-state index contributed by atoms with van der Waals surface area (Å²) in [6.45, 7) is 4.06. The van der Waals surface area contributed by atoms with E-state index in [0.717, 1.165) is 0 Å². The molecule has 0 amide bonds. The smallest absolute Gasteiger partial charge is 0.201 e. The Balaban J connectivity index is 1.29. The SMILES string of the molecule is CCCOc1ccc(C2=CCC(c3ccc(C4=CCC(c5ccc(OCC)c(F)c5F)CC4)c(F)c3F)CC2)c(F)c1F. The molecule has 0 saturated heterocycles. The van der Waals surface area contributed by atoms with Gasteiger partial charge in [0, 0.05) is 11.1 Å². The van der Waals surface area contributed by atoms with E-state index in [1.54, 1.807) is 31.2 Å². The molecule has 228 valence electrons. The van der Waals surface area contributed by atoms with Crippen LogP contribution < -0.4 is 9.47 Å². The number of rotatable bonds is 9. The van der Waals surface area contributed by atoms with E-state index in [1.165, 1.54) is 24.3 Å². The first-order valence-corrected chi connectivity index (χ1v) is 14.8. The monoisotopic (exact) mass is 600 g/mol. The van der Waals surface area contributed by atoms with Crippen molar-refractivity contribution in [2.75, 3.05) is 13.2 Å². The molecule has 0 bridgehead atoms. The van der Waals surface area contributed by atoms with Crippen LogP contribution in [0.25, 0.3) is 11.1 Å². The summed E-state index contributed by atoms with van der Waals surface area (Å²) in [5.41, 5.74) is 2.04. The van der Waals surface area contributed by atoms with Crippen LogP contribution in [-0.4, -0.2) is 13.2 Å². The third-order valence-electron chi connectivity index (χ3n) is 8.39. The van der Waals surface area contributed by atoms with Gasteiger partial charge in [0.05, 0.1) is 13.2 Å². The highest BCUT2D eigenvalue weighted by Crippen LogP contribution is 2.42. The topological polar surface area (TPSA) is 18.5 Å². The molecule has 43 heavy (non-hydrogen) atoms. The maximum atomic E-state index is 15.4. The molecule has 8 heteroatoms. The summed E-state index contributed by atoms with van der Waals surface area (Å²) in [5, 5.41) is 0. The van der Waals surface area contributed by atoms with Crippen molar-refractivity contribution in [1.29, 1.82) is 0 Å². The largest absolute Gasteiger partial charge is 0.491 e. The first-order chi connectivity index (χ1) is 20.7. The van der Waals surface area contributed by atoms with E-state index in [4.69, 9.17) is 9.47 Å². The third-order valence-corrected chi connectivity index (χ3v) is 8.39. The molecule has 0 spiro atoms. The Morgan fingerprint density at radius 3 is 1.58 bits per heavy atom. The van der Waals surface area contributed by atoms with Crippen LogP contribution in [0.2, 0.25) is 0 Å². The Kier molecular flexibility index (Phi) is 9.52. The van der Waals surface area contributed by atoms with E-state index in [0.29, 0.717) is 56.1 Å². The molecule has 2 aliphatic rings. The second-order valence-corrected chi connectivity index (χ2v) is 11.0. The number of hydrogen-bond acceptors (Lipinski definition) is 2. The number of benzene rings is 3. The van der Waals surface area contributed by atoms with E-state index in [1.807, 2.05) is 6.92 Å². The fourth-order valence-electron chi connectivity index (χ4n) is 6.08. The van der Waals surface area contributed by atoms with Gasteiger partial charge in [-0.3, -0.25) is 0 Å². The number of allylic oxidation sites excluding steroid dienone is 4. The van der Waals surface area contributed by atoms with Crippen molar-refractivity contribution < 1.29 is 35.8 Å². The maximum Gasteiger partial charge on any atom is 0.201 e. The maximum absolute atomic E-state index is 15.4. The van der Waals surface area contributed by atoms with Crippen molar-refractivity contribution in [3.63, 3.8) is 0 Å².